The van der Waals surface area contributed by atoms with E-state index in [-0.39, 0.29) is 5.97 Å². The standard InChI is InChI=1S/C20H26N8O2/c29-19-13-17(14-30-19)27-11-6-20(7-12-27)4-9-26(10-5-20)8-3-16-1-2-18(23-22-16)28-15-21-24-25-28/h1-2,13,15H,3-12,14H2. The van der Waals surface area contributed by atoms with Crippen molar-refractivity contribution in [1.82, 2.24) is 40.2 Å². The summed E-state index contributed by atoms with van der Waals surface area (Å²) in [7, 11) is 0. The predicted molar refractivity (Wildman–Crippen MR) is 106 cm³/mol. The second-order valence-electron chi connectivity index (χ2n) is 8.46. The molecule has 0 amide bonds. The third kappa shape index (κ3) is 4.04. The number of rotatable bonds is 5. The van der Waals surface area contributed by atoms with Crippen molar-refractivity contribution in [3.63, 3.8) is 0 Å². The van der Waals surface area contributed by atoms with Crippen LogP contribution in [0.25, 0.3) is 5.82 Å². The van der Waals surface area contributed by atoms with Gasteiger partial charge >= 0.3 is 5.97 Å². The Hall–Kier alpha value is -2.88. The lowest BCUT2D eigenvalue weighted by Crippen LogP contribution is -2.47. The molecule has 5 rings (SSSR count). The molecule has 0 atom stereocenters. The van der Waals surface area contributed by atoms with E-state index in [9.17, 15) is 4.79 Å². The Kier molecular flexibility index (Phi) is 5.16. The highest BCUT2D eigenvalue weighted by molar-refractivity contribution is 5.85. The SMILES string of the molecule is O=C1C=C(N2CCC3(CCN(CCc4ccc(-n5cnnn5)nn4)CC3)CC2)CO1. The number of hydrogen-bond acceptors (Lipinski definition) is 9. The zero-order chi connectivity index (χ0) is 20.4. The lowest BCUT2D eigenvalue weighted by Gasteiger charge is -2.47. The normalized spacial score (nSPS) is 21.7. The van der Waals surface area contributed by atoms with Gasteiger partial charge in [-0.25, -0.2) is 4.79 Å². The van der Waals surface area contributed by atoms with E-state index < -0.39 is 0 Å². The van der Waals surface area contributed by atoms with Crippen LogP contribution in [0.15, 0.2) is 30.2 Å². The van der Waals surface area contributed by atoms with Crippen molar-refractivity contribution in [2.75, 3.05) is 39.3 Å². The molecule has 3 aliphatic rings. The Labute approximate surface area is 174 Å². The average molecular weight is 410 g/mol. The number of cyclic esters (lactones) is 1. The van der Waals surface area contributed by atoms with E-state index in [0.717, 1.165) is 50.5 Å². The fraction of sp³-hybridized carbons (Fsp3) is 0.600. The molecule has 10 nitrogen and oxygen atoms in total. The summed E-state index contributed by atoms with van der Waals surface area (Å²) in [5, 5.41) is 19.6. The summed E-state index contributed by atoms with van der Waals surface area (Å²) in [6, 6.07) is 3.90. The topological polar surface area (TPSA) is 102 Å². The molecule has 0 aliphatic carbocycles. The number of aromatic nitrogens is 6. The van der Waals surface area contributed by atoms with Gasteiger partial charge in [0.2, 0.25) is 0 Å². The largest absolute Gasteiger partial charge is 0.456 e. The minimum Gasteiger partial charge on any atom is -0.456 e. The van der Waals surface area contributed by atoms with Gasteiger partial charge in [-0.2, -0.15) is 9.78 Å². The molecule has 0 N–H and O–H groups in total. The molecule has 158 valence electrons. The third-order valence-corrected chi connectivity index (χ3v) is 6.77. The molecule has 10 heteroatoms. The molecule has 0 bridgehead atoms. The maximum absolute atomic E-state index is 11.3. The number of carbonyl (C=O) groups excluding carboxylic acids is 1. The molecule has 5 heterocycles. The van der Waals surface area contributed by atoms with Gasteiger partial charge in [-0.05, 0) is 66.7 Å². The zero-order valence-electron chi connectivity index (χ0n) is 17.0. The molecule has 30 heavy (non-hydrogen) atoms. The molecule has 2 fully saturated rings. The zero-order valence-corrected chi connectivity index (χ0v) is 17.0. The van der Waals surface area contributed by atoms with Gasteiger partial charge in [0.15, 0.2) is 5.82 Å². The summed E-state index contributed by atoms with van der Waals surface area (Å²) in [6.45, 7) is 5.80. The minimum absolute atomic E-state index is 0.201. The smallest absolute Gasteiger partial charge is 0.333 e. The summed E-state index contributed by atoms with van der Waals surface area (Å²) in [6.07, 6.45) is 8.96. The average Bonchev–Trinajstić information content (AvgIpc) is 3.47. The summed E-state index contributed by atoms with van der Waals surface area (Å²) >= 11 is 0. The van der Waals surface area contributed by atoms with Crippen LogP contribution in [-0.4, -0.2) is 85.5 Å². The van der Waals surface area contributed by atoms with Crippen LogP contribution in [-0.2, 0) is 16.0 Å². The molecule has 2 aromatic heterocycles. The van der Waals surface area contributed by atoms with Crippen molar-refractivity contribution >= 4 is 5.97 Å². The van der Waals surface area contributed by atoms with E-state index in [1.165, 1.54) is 36.7 Å². The lowest BCUT2D eigenvalue weighted by molar-refractivity contribution is -0.135. The van der Waals surface area contributed by atoms with Crippen LogP contribution in [0, 0.1) is 5.41 Å². The van der Waals surface area contributed by atoms with Crippen LogP contribution >= 0.6 is 0 Å². The number of likely N-dealkylation sites (tertiary alicyclic amines) is 2. The first-order valence-electron chi connectivity index (χ1n) is 10.6. The highest BCUT2D eigenvalue weighted by Gasteiger charge is 2.38. The maximum atomic E-state index is 11.3. The molecule has 1 spiro atoms. The minimum atomic E-state index is -0.201. The maximum Gasteiger partial charge on any atom is 0.333 e. The first-order chi connectivity index (χ1) is 14.7. The predicted octanol–water partition coefficient (Wildman–Crippen LogP) is 0.613. The Balaban J connectivity index is 1.08. The van der Waals surface area contributed by atoms with Crippen molar-refractivity contribution in [1.29, 1.82) is 0 Å². The number of hydrogen-bond donors (Lipinski definition) is 0. The van der Waals surface area contributed by atoms with Crippen molar-refractivity contribution in [2.45, 2.75) is 32.1 Å². The molecular weight excluding hydrogens is 384 g/mol. The molecule has 0 unspecified atom stereocenters. The number of ether oxygens (including phenoxy) is 1. The molecule has 2 saturated heterocycles. The van der Waals surface area contributed by atoms with Crippen LogP contribution in [0.5, 0.6) is 0 Å². The highest BCUT2D eigenvalue weighted by Crippen LogP contribution is 2.42. The molecule has 2 aromatic rings. The first kappa shape index (κ1) is 19.1. The van der Waals surface area contributed by atoms with Crippen LogP contribution < -0.4 is 0 Å². The lowest BCUT2D eigenvalue weighted by atomic mass is 9.71. The van der Waals surface area contributed by atoms with Gasteiger partial charge in [0, 0.05) is 32.1 Å². The van der Waals surface area contributed by atoms with Crippen LogP contribution in [0.3, 0.4) is 0 Å². The molecule has 0 saturated carbocycles. The monoisotopic (exact) mass is 410 g/mol. The molecule has 0 aromatic carbocycles. The van der Waals surface area contributed by atoms with Gasteiger partial charge in [-0.15, -0.1) is 10.2 Å². The van der Waals surface area contributed by atoms with Crippen LogP contribution in [0.4, 0.5) is 0 Å². The quantitative estimate of drug-likeness (QED) is 0.656. The van der Waals surface area contributed by atoms with Gasteiger partial charge in [0.1, 0.15) is 12.9 Å². The molecular formula is C20H26N8O2. The number of esters is 1. The Morgan fingerprint density at radius 3 is 2.47 bits per heavy atom. The van der Waals surface area contributed by atoms with Gasteiger partial charge in [0.05, 0.1) is 11.4 Å². The fourth-order valence-corrected chi connectivity index (χ4v) is 4.71. The van der Waals surface area contributed by atoms with E-state index in [4.69, 9.17) is 4.74 Å². The summed E-state index contributed by atoms with van der Waals surface area (Å²) < 4.78 is 6.56. The van der Waals surface area contributed by atoms with Gasteiger partial charge in [0.25, 0.3) is 0 Å². The van der Waals surface area contributed by atoms with Crippen molar-refractivity contribution < 1.29 is 9.53 Å². The van der Waals surface area contributed by atoms with Crippen LogP contribution in [0.1, 0.15) is 31.4 Å². The highest BCUT2D eigenvalue weighted by atomic mass is 16.5. The van der Waals surface area contributed by atoms with Crippen molar-refractivity contribution in [3.05, 3.63) is 35.9 Å². The number of piperidine rings is 2. The van der Waals surface area contributed by atoms with Gasteiger partial charge in [-0.1, -0.05) is 0 Å². The molecule has 0 radical (unpaired) electrons. The van der Waals surface area contributed by atoms with Crippen molar-refractivity contribution in [2.24, 2.45) is 5.41 Å². The van der Waals surface area contributed by atoms with E-state index in [2.05, 4.69) is 35.5 Å². The Morgan fingerprint density at radius 2 is 1.83 bits per heavy atom. The summed E-state index contributed by atoms with van der Waals surface area (Å²) in [5.41, 5.74) is 2.51. The van der Waals surface area contributed by atoms with E-state index >= 15 is 0 Å². The second-order valence-corrected chi connectivity index (χ2v) is 8.46. The Bertz CT molecular complexity index is 893. The number of tetrazole rings is 1. The van der Waals surface area contributed by atoms with Crippen LogP contribution in [0.2, 0.25) is 0 Å². The number of nitrogens with zero attached hydrogens (tertiary/aromatic N) is 8. The van der Waals surface area contributed by atoms with Gasteiger partial charge < -0.3 is 14.5 Å². The number of carbonyl (C=O) groups is 1. The summed E-state index contributed by atoms with van der Waals surface area (Å²) in [4.78, 5) is 16.2. The first-order valence-corrected chi connectivity index (χ1v) is 10.6. The summed E-state index contributed by atoms with van der Waals surface area (Å²) in [5.74, 6) is 0.424. The second kappa shape index (κ2) is 8.10. The van der Waals surface area contributed by atoms with Crippen molar-refractivity contribution in [3.8, 4) is 5.82 Å². The van der Waals surface area contributed by atoms with E-state index in [0.29, 0.717) is 17.8 Å². The fourth-order valence-electron chi connectivity index (χ4n) is 4.71. The van der Waals surface area contributed by atoms with E-state index in [1.807, 2.05) is 12.1 Å². The molecule has 3 aliphatic heterocycles. The Morgan fingerprint density at radius 1 is 1.03 bits per heavy atom. The van der Waals surface area contributed by atoms with Gasteiger partial charge in [-0.3, -0.25) is 0 Å². The van der Waals surface area contributed by atoms with E-state index in [1.54, 1.807) is 6.08 Å². The third-order valence-electron chi connectivity index (χ3n) is 6.77.